The summed E-state index contributed by atoms with van der Waals surface area (Å²) in [6, 6.07) is 5.97. The van der Waals surface area contributed by atoms with Crippen LogP contribution in [-0.2, 0) is 0 Å². The minimum absolute atomic E-state index is 0.184. The van der Waals surface area contributed by atoms with Gasteiger partial charge < -0.3 is 0 Å². The Morgan fingerprint density at radius 2 is 1.80 bits per heavy atom. The molecule has 1 aromatic rings. The number of allylic oxidation sites excluding steroid dienone is 3. The Hall–Kier alpha value is -0.430. The molecule has 0 aliphatic heterocycles. The summed E-state index contributed by atoms with van der Waals surface area (Å²) in [6.07, 6.45) is 4.27. The van der Waals surface area contributed by atoms with E-state index in [1.165, 1.54) is 11.1 Å². The van der Waals surface area contributed by atoms with Crippen LogP contribution in [0.4, 0.5) is 0 Å². The first kappa shape index (κ1) is 9.77. The highest BCUT2D eigenvalue weighted by molar-refractivity contribution is 6.56. The Morgan fingerprint density at radius 3 is 2.47 bits per heavy atom. The highest BCUT2D eigenvalue weighted by Crippen LogP contribution is 2.56. The van der Waals surface area contributed by atoms with Crippen molar-refractivity contribution in [2.75, 3.05) is 0 Å². The van der Waals surface area contributed by atoms with Crippen LogP contribution in [-0.4, -0.2) is 0 Å². The highest BCUT2D eigenvalue weighted by atomic mass is 35.5. The van der Waals surface area contributed by atoms with Crippen LogP contribution in [0.15, 0.2) is 40.4 Å². The molecule has 0 heterocycles. The van der Waals surface area contributed by atoms with Crippen molar-refractivity contribution >= 4 is 34.8 Å². The zero-order valence-electron chi connectivity index (χ0n) is 7.68. The molecular weight excluding hydrogens is 250 g/mol. The summed E-state index contributed by atoms with van der Waals surface area (Å²) in [4.78, 5) is 0. The van der Waals surface area contributed by atoms with Gasteiger partial charge in [0.25, 0.3) is 0 Å². The normalized spacial score (nSPS) is 25.9. The third-order valence-electron chi connectivity index (χ3n) is 3.12. The Kier molecular flexibility index (Phi) is 2.14. The van der Waals surface area contributed by atoms with E-state index in [4.69, 9.17) is 34.8 Å². The maximum atomic E-state index is 6.19. The van der Waals surface area contributed by atoms with Crippen molar-refractivity contribution in [3.63, 3.8) is 0 Å². The molecule has 2 aliphatic carbocycles. The Labute approximate surface area is 103 Å². The molecule has 3 rings (SSSR count). The first-order valence-corrected chi connectivity index (χ1v) is 5.85. The lowest BCUT2D eigenvalue weighted by molar-refractivity contribution is 1.04. The standard InChI is InChI=1S/C12H7Cl3/c13-9-3-1-2-6-7-4-5-8(10(6)9)11(7)12(14)15/h1-5,7-8H. The second-order valence-corrected chi connectivity index (χ2v) is 5.16. The second kappa shape index (κ2) is 3.28. The number of rotatable bonds is 0. The zero-order chi connectivity index (χ0) is 10.6. The summed E-state index contributed by atoms with van der Waals surface area (Å²) in [5.41, 5.74) is 3.48. The van der Waals surface area contributed by atoms with Gasteiger partial charge in [-0.05, 0) is 22.8 Å². The molecule has 15 heavy (non-hydrogen) atoms. The topological polar surface area (TPSA) is 0 Å². The number of halogens is 3. The van der Waals surface area contributed by atoms with E-state index in [0.717, 1.165) is 10.6 Å². The fourth-order valence-corrected chi connectivity index (χ4v) is 3.30. The number of benzene rings is 1. The highest BCUT2D eigenvalue weighted by Gasteiger charge is 2.40. The first-order valence-electron chi connectivity index (χ1n) is 4.72. The van der Waals surface area contributed by atoms with Crippen LogP contribution in [0.1, 0.15) is 23.0 Å². The van der Waals surface area contributed by atoms with Crippen molar-refractivity contribution in [2.24, 2.45) is 0 Å². The van der Waals surface area contributed by atoms with Crippen LogP contribution in [0.3, 0.4) is 0 Å². The largest absolute Gasteiger partial charge is 0.107 e. The predicted molar refractivity (Wildman–Crippen MR) is 64.8 cm³/mol. The molecular formula is C12H7Cl3. The van der Waals surface area contributed by atoms with Crippen LogP contribution in [0.5, 0.6) is 0 Å². The molecule has 0 radical (unpaired) electrons. The molecule has 2 bridgehead atoms. The Balaban J connectivity index is 2.29. The quantitative estimate of drug-likeness (QED) is 0.587. The smallest absolute Gasteiger partial charge is 0.0840 e. The van der Waals surface area contributed by atoms with Gasteiger partial charge in [0, 0.05) is 16.9 Å². The van der Waals surface area contributed by atoms with Gasteiger partial charge in [-0.3, -0.25) is 0 Å². The van der Waals surface area contributed by atoms with Crippen molar-refractivity contribution < 1.29 is 0 Å². The minimum atomic E-state index is 0.184. The van der Waals surface area contributed by atoms with Gasteiger partial charge in [0.05, 0.1) is 0 Å². The van der Waals surface area contributed by atoms with E-state index in [1.54, 1.807) is 0 Å². The summed E-state index contributed by atoms with van der Waals surface area (Å²) in [5.74, 6) is 0.414. The third-order valence-corrected chi connectivity index (χ3v) is 3.88. The van der Waals surface area contributed by atoms with Crippen molar-refractivity contribution in [3.05, 3.63) is 56.6 Å². The molecule has 0 amide bonds. The summed E-state index contributed by atoms with van der Waals surface area (Å²) < 4.78 is 0.377. The van der Waals surface area contributed by atoms with Gasteiger partial charge in [-0.1, -0.05) is 59.1 Å². The van der Waals surface area contributed by atoms with E-state index in [9.17, 15) is 0 Å². The maximum Gasteiger partial charge on any atom is 0.107 e. The minimum Gasteiger partial charge on any atom is -0.0840 e. The van der Waals surface area contributed by atoms with Gasteiger partial charge in [0.2, 0.25) is 0 Å². The molecule has 2 unspecified atom stereocenters. The molecule has 0 saturated heterocycles. The summed E-state index contributed by atoms with van der Waals surface area (Å²) in [6.45, 7) is 0. The van der Waals surface area contributed by atoms with E-state index in [2.05, 4.69) is 18.2 Å². The van der Waals surface area contributed by atoms with Crippen molar-refractivity contribution in [1.82, 2.24) is 0 Å². The van der Waals surface area contributed by atoms with Gasteiger partial charge in [0.15, 0.2) is 0 Å². The lowest BCUT2D eigenvalue weighted by atomic mass is 9.97. The van der Waals surface area contributed by atoms with Crippen molar-refractivity contribution in [3.8, 4) is 0 Å². The second-order valence-electron chi connectivity index (χ2n) is 3.80. The molecule has 0 aromatic heterocycles. The molecule has 0 spiro atoms. The fraction of sp³-hybridized carbons (Fsp3) is 0.167. The van der Waals surface area contributed by atoms with E-state index in [0.29, 0.717) is 4.49 Å². The zero-order valence-corrected chi connectivity index (χ0v) is 9.94. The molecule has 2 aliphatic rings. The maximum absolute atomic E-state index is 6.19. The van der Waals surface area contributed by atoms with Gasteiger partial charge in [-0.2, -0.15) is 0 Å². The van der Waals surface area contributed by atoms with E-state index < -0.39 is 0 Å². The Bertz CT molecular complexity index is 496. The van der Waals surface area contributed by atoms with Crippen molar-refractivity contribution in [1.29, 1.82) is 0 Å². The van der Waals surface area contributed by atoms with Crippen LogP contribution in [0.25, 0.3) is 0 Å². The van der Waals surface area contributed by atoms with Gasteiger partial charge in [-0.15, -0.1) is 0 Å². The summed E-state index contributed by atoms with van der Waals surface area (Å²) in [5, 5.41) is 0.802. The predicted octanol–water partition coefficient (Wildman–Crippen LogP) is 4.78. The lowest BCUT2D eigenvalue weighted by Gasteiger charge is -2.10. The number of fused-ring (bicyclic) bond motifs is 5. The average molecular weight is 258 g/mol. The SMILES string of the molecule is ClC(Cl)=C1C2C=CC1c1c(Cl)cccc12. The van der Waals surface area contributed by atoms with Crippen molar-refractivity contribution in [2.45, 2.75) is 11.8 Å². The molecule has 76 valence electrons. The third kappa shape index (κ3) is 1.22. The van der Waals surface area contributed by atoms with Gasteiger partial charge in [-0.25, -0.2) is 0 Å². The molecule has 0 N–H and O–H groups in total. The number of hydrogen-bond acceptors (Lipinski definition) is 0. The number of hydrogen-bond donors (Lipinski definition) is 0. The lowest BCUT2D eigenvalue weighted by Crippen LogP contribution is -1.92. The van der Waals surface area contributed by atoms with Gasteiger partial charge >= 0.3 is 0 Å². The summed E-state index contributed by atoms with van der Waals surface area (Å²) >= 11 is 18.0. The first-order chi connectivity index (χ1) is 7.20. The van der Waals surface area contributed by atoms with Gasteiger partial charge in [0.1, 0.15) is 4.49 Å². The summed E-state index contributed by atoms with van der Waals surface area (Å²) in [7, 11) is 0. The van der Waals surface area contributed by atoms with Crippen LogP contribution >= 0.6 is 34.8 Å². The molecule has 3 heteroatoms. The molecule has 0 fully saturated rings. The molecule has 0 nitrogen and oxygen atoms in total. The Morgan fingerprint density at radius 1 is 1.07 bits per heavy atom. The van der Waals surface area contributed by atoms with Crippen LogP contribution in [0, 0.1) is 0 Å². The fourth-order valence-electron chi connectivity index (χ4n) is 2.53. The molecule has 1 aromatic carbocycles. The van der Waals surface area contributed by atoms with Crippen LogP contribution in [0.2, 0.25) is 5.02 Å². The van der Waals surface area contributed by atoms with E-state index in [1.807, 2.05) is 12.1 Å². The molecule has 0 saturated carbocycles. The van der Waals surface area contributed by atoms with E-state index in [-0.39, 0.29) is 11.8 Å². The molecule has 2 atom stereocenters. The van der Waals surface area contributed by atoms with E-state index >= 15 is 0 Å². The average Bonchev–Trinajstić information content (AvgIpc) is 2.73. The monoisotopic (exact) mass is 256 g/mol. The van der Waals surface area contributed by atoms with Crippen LogP contribution < -0.4 is 0 Å².